The number of benzene rings is 2. The third-order valence-electron chi connectivity index (χ3n) is 6.25. The molecule has 0 aliphatic carbocycles. The Kier molecular flexibility index (Phi) is 8.24. The van der Waals surface area contributed by atoms with Gasteiger partial charge in [-0.3, -0.25) is 9.78 Å². The number of aryl methyl sites for hydroxylation is 1. The molecular formula is C28H29B2N3O. The fourth-order valence-corrected chi connectivity index (χ4v) is 4.32. The molecule has 2 aromatic heterocycles. The van der Waals surface area contributed by atoms with Crippen LogP contribution in [0.2, 0.25) is 5.82 Å². The number of rotatable bonds is 11. The van der Waals surface area contributed by atoms with Crippen LogP contribution in [0.4, 0.5) is 0 Å². The van der Waals surface area contributed by atoms with Gasteiger partial charge in [0.05, 0.1) is 15.7 Å². The lowest BCUT2D eigenvalue weighted by atomic mass is 9.63. The minimum Gasteiger partial charge on any atom is -0.357 e. The molecule has 2 heterocycles. The average Bonchev–Trinajstić information content (AvgIpc) is 3.26. The van der Waals surface area contributed by atoms with E-state index in [0.717, 1.165) is 37.8 Å². The minimum absolute atomic E-state index is 0.220. The van der Waals surface area contributed by atoms with E-state index in [0.29, 0.717) is 6.54 Å². The normalized spacial score (nSPS) is 12.9. The molecule has 1 N–H and O–H groups in total. The smallest absolute Gasteiger partial charge is 0.214 e. The van der Waals surface area contributed by atoms with Gasteiger partial charge in [-0.2, -0.15) is 0 Å². The average molecular weight is 445 g/mol. The van der Waals surface area contributed by atoms with Crippen molar-refractivity contribution in [2.45, 2.75) is 43.9 Å². The molecule has 0 fully saturated rings. The van der Waals surface area contributed by atoms with Crippen LogP contribution in [0.5, 0.6) is 0 Å². The van der Waals surface area contributed by atoms with Crippen LogP contribution < -0.4 is 5.32 Å². The molecule has 4 rings (SSSR count). The van der Waals surface area contributed by atoms with Crippen LogP contribution in [0.15, 0.2) is 85.2 Å². The summed E-state index contributed by atoms with van der Waals surface area (Å²) in [6.07, 6.45) is 7.45. The third-order valence-corrected chi connectivity index (χ3v) is 6.25. The minimum atomic E-state index is -0.789. The van der Waals surface area contributed by atoms with Crippen LogP contribution in [0.25, 0.3) is 22.2 Å². The van der Waals surface area contributed by atoms with E-state index in [-0.39, 0.29) is 5.91 Å². The van der Waals surface area contributed by atoms with Crippen LogP contribution in [0.3, 0.4) is 0 Å². The summed E-state index contributed by atoms with van der Waals surface area (Å²) in [7, 11) is 12.2. The first-order chi connectivity index (χ1) is 16.6. The lowest BCUT2D eigenvalue weighted by molar-refractivity contribution is -0.121. The standard InChI is InChI=1S/C28H29B2N3O/c29-26(23-14-10-16-31-20-23)27(30)28(34)32-17-8-1-2-9-18-33-24-15-7-6-13-22(24)19-25(33)21-11-4-3-5-12-21/h3-7,10-16,19-20,26-27H,1-2,8-9,17-18H2,(H,32,34)/t26-,27+/m0/s1. The zero-order chi connectivity index (χ0) is 23.8. The first-order valence-corrected chi connectivity index (χ1v) is 12.0. The van der Waals surface area contributed by atoms with Crippen LogP contribution >= 0.6 is 0 Å². The van der Waals surface area contributed by atoms with Gasteiger partial charge in [0.2, 0.25) is 5.91 Å². The van der Waals surface area contributed by atoms with Crippen molar-refractivity contribution in [3.63, 3.8) is 0 Å². The number of unbranched alkanes of at least 4 members (excludes halogenated alkanes) is 3. The molecule has 0 saturated carbocycles. The fraction of sp³-hybridized carbons (Fsp3) is 0.286. The summed E-state index contributed by atoms with van der Waals surface area (Å²) < 4.78 is 2.42. The molecule has 0 aliphatic rings. The van der Waals surface area contributed by atoms with E-state index in [4.69, 9.17) is 15.7 Å². The molecule has 4 radical (unpaired) electrons. The summed E-state index contributed by atoms with van der Waals surface area (Å²) in [5, 5.41) is 4.19. The molecule has 4 nitrogen and oxygen atoms in total. The number of fused-ring (bicyclic) bond motifs is 1. The Morgan fingerprint density at radius 3 is 2.47 bits per heavy atom. The van der Waals surface area contributed by atoms with E-state index in [2.05, 4.69) is 75.5 Å². The number of carbonyl (C=O) groups excluding carboxylic acids is 1. The highest BCUT2D eigenvalue weighted by molar-refractivity contribution is 6.30. The monoisotopic (exact) mass is 445 g/mol. The number of carbonyl (C=O) groups is 1. The molecular weight excluding hydrogens is 416 g/mol. The second kappa shape index (κ2) is 11.7. The van der Waals surface area contributed by atoms with Gasteiger partial charge in [-0.05, 0) is 53.8 Å². The Labute approximate surface area is 204 Å². The van der Waals surface area contributed by atoms with E-state index in [9.17, 15) is 4.79 Å². The van der Waals surface area contributed by atoms with Crippen molar-refractivity contribution in [2.24, 2.45) is 0 Å². The number of aromatic nitrogens is 2. The highest BCUT2D eigenvalue weighted by atomic mass is 16.1. The first kappa shape index (κ1) is 23.9. The van der Waals surface area contributed by atoms with Crippen molar-refractivity contribution in [3.05, 3.63) is 90.8 Å². The van der Waals surface area contributed by atoms with Crippen molar-refractivity contribution < 1.29 is 4.79 Å². The predicted octanol–water partition coefficient (Wildman–Crippen LogP) is 5.25. The maximum atomic E-state index is 12.4. The molecule has 34 heavy (non-hydrogen) atoms. The van der Waals surface area contributed by atoms with Gasteiger partial charge in [-0.1, -0.05) is 67.4 Å². The maximum absolute atomic E-state index is 12.4. The summed E-state index contributed by atoms with van der Waals surface area (Å²) in [5.41, 5.74) is 4.53. The second-order valence-corrected chi connectivity index (χ2v) is 8.65. The van der Waals surface area contributed by atoms with E-state index >= 15 is 0 Å². The van der Waals surface area contributed by atoms with Crippen molar-refractivity contribution in [1.29, 1.82) is 0 Å². The first-order valence-electron chi connectivity index (χ1n) is 12.0. The number of pyridine rings is 1. The quantitative estimate of drug-likeness (QED) is 0.253. The number of para-hydroxylation sites is 1. The van der Waals surface area contributed by atoms with Gasteiger partial charge in [0, 0.05) is 42.1 Å². The van der Waals surface area contributed by atoms with Crippen LogP contribution in [0.1, 0.15) is 37.1 Å². The Morgan fingerprint density at radius 1 is 0.912 bits per heavy atom. The molecule has 0 saturated heterocycles. The van der Waals surface area contributed by atoms with Gasteiger partial charge >= 0.3 is 0 Å². The second-order valence-electron chi connectivity index (χ2n) is 8.65. The Bertz CT molecular complexity index is 1190. The Balaban J connectivity index is 1.23. The topological polar surface area (TPSA) is 46.9 Å². The zero-order valence-corrected chi connectivity index (χ0v) is 19.4. The van der Waals surface area contributed by atoms with Gasteiger partial charge in [0.1, 0.15) is 0 Å². The molecule has 2 aromatic carbocycles. The van der Waals surface area contributed by atoms with Gasteiger partial charge in [0.15, 0.2) is 0 Å². The highest BCUT2D eigenvalue weighted by Crippen LogP contribution is 2.29. The van der Waals surface area contributed by atoms with Crippen molar-refractivity contribution in [1.82, 2.24) is 14.9 Å². The fourth-order valence-electron chi connectivity index (χ4n) is 4.32. The van der Waals surface area contributed by atoms with Crippen LogP contribution in [0, 0.1) is 0 Å². The van der Waals surface area contributed by atoms with Crippen LogP contribution in [-0.4, -0.2) is 37.7 Å². The zero-order valence-electron chi connectivity index (χ0n) is 19.4. The van der Waals surface area contributed by atoms with Gasteiger partial charge < -0.3 is 9.88 Å². The number of amides is 1. The molecule has 4 aromatic rings. The molecule has 0 unspecified atom stereocenters. The third kappa shape index (κ3) is 5.80. The van der Waals surface area contributed by atoms with E-state index in [1.807, 2.05) is 6.07 Å². The molecule has 0 bridgehead atoms. The van der Waals surface area contributed by atoms with Gasteiger partial charge in [0.25, 0.3) is 0 Å². The van der Waals surface area contributed by atoms with E-state index in [1.165, 1.54) is 22.2 Å². The predicted molar refractivity (Wildman–Crippen MR) is 141 cm³/mol. The maximum Gasteiger partial charge on any atom is 0.214 e. The van der Waals surface area contributed by atoms with Gasteiger partial charge in [-0.15, -0.1) is 0 Å². The molecule has 0 spiro atoms. The summed E-state index contributed by atoms with van der Waals surface area (Å²) in [5.74, 6) is -1.57. The number of nitrogens with zero attached hydrogens (tertiary/aromatic N) is 2. The molecule has 168 valence electrons. The lowest BCUT2D eigenvalue weighted by Crippen LogP contribution is -2.31. The molecule has 0 aliphatic heterocycles. The molecule has 1 amide bonds. The Hall–Kier alpha value is -3.27. The van der Waals surface area contributed by atoms with Crippen molar-refractivity contribution in [2.75, 3.05) is 6.54 Å². The van der Waals surface area contributed by atoms with E-state index in [1.54, 1.807) is 18.5 Å². The molecule has 2 atom stereocenters. The van der Waals surface area contributed by atoms with Crippen molar-refractivity contribution >= 4 is 32.5 Å². The van der Waals surface area contributed by atoms with Crippen LogP contribution in [-0.2, 0) is 11.3 Å². The summed E-state index contributed by atoms with van der Waals surface area (Å²) in [6, 6.07) is 25.0. The molecule has 6 heteroatoms. The van der Waals surface area contributed by atoms with Crippen molar-refractivity contribution in [3.8, 4) is 11.3 Å². The summed E-state index contributed by atoms with van der Waals surface area (Å²) in [4.78, 5) is 16.4. The highest BCUT2D eigenvalue weighted by Gasteiger charge is 2.20. The van der Waals surface area contributed by atoms with Gasteiger partial charge in [-0.25, -0.2) is 0 Å². The number of hydrogen-bond acceptors (Lipinski definition) is 2. The SMILES string of the molecule is [B][C@@H](C(=O)NCCCCCCn1c(-c2ccccc2)cc2ccccc21)[C@@H]([B])c1cccnc1. The Morgan fingerprint density at radius 2 is 1.68 bits per heavy atom. The van der Waals surface area contributed by atoms with E-state index < -0.39 is 11.6 Å². The number of nitrogens with one attached hydrogen (secondary N) is 1. The number of hydrogen-bond donors (Lipinski definition) is 1. The lowest BCUT2D eigenvalue weighted by Gasteiger charge is -2.20. The largest absolute Gasteiger partial charge is 0.357 e. The summed E-state index contributed by atoms with van der Waals surface area (Å²) >= 11 is 0. The summed E-state index contributed by atoms with van der Waals surface area (Å²) in [6.45, 7) is 1.57.